The zero-order chi connectivity index (χ0) is 9.66. The molecule has 0 bridgehead atoms. The smallest absolute Gasteiger partial charge is 0.210 e. The minimum Gasteiger partial charge on any atom is -0.210 e. The molecule has 0 atom stereocenters. The normalized spacial score (nSPS) is 4.58. The van der Waals surface area contributed by atoms with Crippen molar-refractivity contribution < 1.29 is 4.79 Å². The first-order chi connectivity index (χ1) is 5.83. The van der Waals surface area contributed by atoms with Crippen LogP contribution in [0.2, 0.25) is 0 Å². The first kappa shape index (κ1) is 12.0. The summed E-state index contributed by atoms with van der Waals surface area (Å²) in [5, 5.41) is 12.7. The molecule has 0 aliphatic rings. The summed E-state index contributed by atoms with van der Waals surface area (Å²) in [6.07, 6.45) is 2.25. The first-order valence-electron chi connectivity index (χ1n) is 2.12. The van der Waals surface area contributed by atoms with Crippen LogP contribution >= 0.6 is 0 Å². The second-order valence-corrected chi connectivity index (χ2v) is 0.782. The van der Waals surface area contributed by atoms with Crippen molar-refractivity contribution in [2.75, 3.05) is 0 Å². The van der Waals surface area contributed by atoms with E-state index in [4.69, 9.17) is 21.1 Å². The summed E-state index contributed by atoms with van der Waals surface area (Å²) in [5.74, 6) is 0. The molecule has 0 saturated heterocycles. The average molecular weight is 167 g/mol. The molecule has 0 aromatic heterocycles. The van der Waals surface area contributed by atoms with Crippen molar-refractivity contribution in [2.45, 2.75) is 0 Å². The zero-order valence-electron chi connectivity index (χ0n) is 5.49. The van der Waals surface area contributed by atoms with E-state index >= 15 is 0 Å². The molecule has 0 radical (unpaired) electrons. The molecule has 1 N–H and O–H groups in total. The van der Waals surface area contributed by atoms with Gasteiger partial charge in [0.2, 0.25) is 6.19 Å². The molecule has 0 heterocycles. The Hall–Kier alpha value is -2.71. The van der Waals surface area contributed by atoms with Gasteiger partial charge in [-0.3, -0.25) is 0 Å². The number of nitriles is 1. The maximum atomic E-state index is 8.89. The van der Waals surface area contributed by atoms with Crippen molar-refractivity contribution in [3.05, 3.63) is 20.9 Å². The van der Waals surface area contributed by atoms with E-state index in [2.05, 4.69) is 25.3 Å². The Kier molecular flexibility index (Phi) is 15.8. The van der Waals surface area contributed by atoms with E-state index in [1.54, 1.807) is 5.53 Å². The highest BCUT2D eigenvalue weighted by molar-refractivity contribution is 5.34. The van der Waals surface area contributed by atoms with E-state index in [1.165, 1.54) is 6.19 Å². The Bertz CT molecular complexity index is 264. The van der Waals surface area contributed by atoms with E-state index in [0.29, 0.717) is 0 Å². The highest BCUT2D eigenvalue weighted by atomic mass is 16.1. The molecule has 0 aliphatic carbocycles. The summed E-state index contributed by atoms with van der Waals surface area (Å²) < 4.78 is 0. The number of hydrogen-bond acceptors (Lipinski definition) is 5. The molecule has 0 saturated carbocycles. The van der Waals surface area contributed by atoms with Crippen LogP contribution in [0.4, 0.5) is 0 Å². The molecular formula is C2HN9O. The van der Waals surface area contributed by atoms with Gasteiger partial charge in [-0.2, -0.15) is 20.6 Å². The topological polar surface area (TPSA) is 163 Å². The van der Waals surface area contributed by atoms with Crippen LogP contribution in [-0.2, 0) is 4.79 Å². The standard InChI is InChI=1S/C2N2O.HN7/c3-1-4-2-5;1-3-5-7-6-4-2/h;7H. The van der Waals surface area contributed by atoms with Crippen molar-refractivity contribution >= 4 is 6.08 Å². The number of nitrogens with zero attached hydrogens (tertiary/aromatic N) is 8. The Morgan fingerprint density at radius 1 is 1.33 bits per heavy atom. The molecule has 0 fully saturated rings. The second-order valence-electron chi connectivity index (χ2n) is 0.782. The van der Waals surface area contributed by atoms with Gasteiger partial charge in [-0.15, -0.1) is 11.1 Å². The molecule has 10 nitrogen and oxygen atoms in total. The SMILES string of the molecule is N#CN=C=O.[N-]=[N+]=NNN=[N+]=[N-]. The van der Waals surface area contributed by atoms with Gasteiger partial charge < -0.3 is 0 Å². The van der Waals surface area contributed by atoms with Crippen LogP contribution in [0.3, 0.4) is 0 Å². The Morgan fingerprint density at radius 3 is 2.00 bits per heavy atom. The molecule has 0 amide bonds. The maximum absolute atomic E-state index is 8.89. The van der Waals surface area contributed by atoms with Crippen molar-refractivity contribution in [2.24, 2.45) is 15.4 Å². The van der Waals surface area contributed by atoms with E-state index < -0.39 is 0 Å². The van der Waals surface area contributed by atoms with Crippen molar-refractivity contribution in [3.63, 3.8) is 0 Å². The van der Waals surface area contributed by atoms with E-state index in [-0.39, 0.29) is 0 Å². The predicted molar refractivity (Wildman–Crippen MR) is 35.2 cm³/mol. The van der Waals surface area contributed by atoms with Crippen molar-refractivity contribution in [3.8, 4) is 6.19 Å². The van der Waals surface area contributed by atoms with Gasteiger partial charge in [-0.1, -0.05) is 4.99 Å². The number of hydrogen-bond donors (Lipinski definition) is 1. The number of rotatable bonds is 2. The number of carbonyl (C=O) groups excluding carboxylic acids is 1. The molecule has 60 valence electrons. The van der Waals surface area contributed by atoms with Gasteiger partial charge in [0.15, 0.2) is 0 Å². The highest BCUT2D eigenvalue weighted by Gasteiger charge is 1.53. The highest BCUT2D eigenvalue weighted by Crippen LogP contribution is 1.60. The largest absolute Gasteiger partial charge is 0.251 e. The van der Waals surface area contributed by atoms with Crippen LogP contribution < -0.4 is 5.53 Å². The third-order valence-electron chi connectivity index (χ3n) is 0.275. The maximum Gasteiger partial charge on any atom is 0.251 e. The summed E-state index contributed by atoms with van der Waals surface area (Å²) in [6.45, 7) is 0. The summed E-state index contributed by atoms with van der Waals surface area (Å²) in [5.41, 5.74) is 16.7. The molecule has 0 unspecified atom stereocenters. The van der Waals surface area contributed by atoms with Gasteiger partial charge in [0.05, 0.1) is 0 Å². The minimum absolute atomic E-state index is 1.03. The van der Waals surface area contributed by atoms with Gasteiger partial charge in [0.1, 0.15) is 0 Å². The van der Waals surface area contributed by atoms with Gasteiger partial charge in [0, 0.05) is 0 Å². The molecule has 10 heteroatoms. The van der Waals surface area contributed by atoms with Gasteiger partial charge in [0.25, 0.3) is 6.08 Å². The first-order valence-corrected chi connectivity index (χ1v) is 2.12. The van der Waals surface area contributed by atoms with Crippen LogP contribution in [-0.4, -0.2) is 6.08 Å². The van der Waals surface area contributed by atoms with Crippen LogP contribution in [0.5, 0.6) is 0 Å². The quantitative estimate of drug-likeness (QED) is 0.123. The number of azide groups is 1. The molecule has 0 aromatic rings. The molecule has 0 aliphatic heterocycles. The molecular weight excluding hydrogens is 166 g/mol. The Labute approximate surface area is 65.3 Å². The zero-order valence-corrected chi connectivity index (χ0v) is 5.49. The number of nitrogens with one attached hydrogen (secondary N) is 1. The lowest BCUT2D eigenvalue weighted by Gasteiger charge is -1.72. The van der Waals surface area contributed by atoms with Crippen LogP contribution in [0, 0.1) is 11.5 Å². The number of isocyanates is 1. The fourth-order valence-corrected chi connectivity index (χ4v) is 0.0804. The Morgan fingerprint density at radius 2 is 1.83 bits per heavy atom. The molecule has 12 heavy (non-hydrogen) atoms. The van der Waals surface area contributed by atoms with Gasteiger partial charge in [-0.05, 0) is 10.4 Å². The average Bonchev–Trinajstić information content (AvgIpc) is 2.08. The summed E-state index contributed by atoms with van der Waals surface area (Å²) >= 11 is 0. The molecule has 0 aromatic carbocycles. The minimum atomic E-state index is 1.03. The third-order valence-corrected chi connectivity index (χ3v) is 0.275. The third kappa shape index (κ3) is 26.6. The lowest BCUT2D eigenvalue weighted by Crippen LogP contribution is -1.84. The summed E-state index contributed by atoms with van der Waals surface area (Å²) in [4.78, 5) is 15.8. The van der Waals surface area contributed by atoms with Crippen molar-refractivity contribution in [1.29, 1.82) is 5.26 Å². The second kappa shape index (κ2) is 15.7. The van der Waals surface area contributed by atoms with Crippen LogP contribution in [0.25, 0.3) is 20.9 Å². The lowest BCUT2D eigenvalue weighted by atomic mass is 11.3. The molecule has 0 spiro atoms. The van der Waals surface area contributed by atoms with E-state index in [0.717, 1.165) is 6.08 Å². The lowest BCUT2D eigenvalue weighted by molar-refractivity contribution is 0.565. The summed E-state index contributed by atoms with van der Waals surface area (Å²) in [6, 6.07) is 0. The summed E-state index contributed by atoms with van der Waals surface area (Å²) in [7, 11) is 0. The fraction of sp³-hybridized carbons (Fsp3) is 0. The van der Waals surface area contributed by atoms with Gasteiger partial charge in [-0.25, -0.2) is 4.79 Å². The Balaban J connectivity index is 0. The van der Waals surface area contributed by atoms with E-state index in [9.17, 15) is 0 Å². The monoisotopic (exact) mass is 167 g/mol. The molecule has 0 rings (SSSR count). The number of aliphatic imine (C=N–C) groups is 1. The predicted octanol–water partition coefficient (Wildman–Crippen LogP) is 0.830. The van der Waals surface area contributed by atoms with Crippen molar-refractivity contribution in [1.82, 2.24) is 5.53 Å². The van der Waals surface area contributed by atoms with Gasteiger partial charge >= 0.3 is 0 Å². The van der Waals surface area contributed by atoms with Crippen LogP contribution in [0.15, 0.2) is 15.4 Å². The van der Waals surface area contributed by atoms with Crippen LogP contribution in [0.1, 0.15) is 0 Å². The fourth-order valence-electron chi connectivity index (χ4n) is 0.0804. The van der Waals surface area contributed by atoms with E-state index in [1.807, 2.05) is 0 Å².